The monoisotopic (exact) mass is 320 g/mol. The number of hydrogen-bond donors (Lipinski definition) is 1. The highest BCUT2D eigenvalue weighted by Gasteiger charge is 2.46. The van der Waals surface area contributed by atoms with Crippen LogP contribution in [0.4, 0.5) is 4.79 Å². The van der Waals surface area contributed by atoms with E-state index >= 15 is 0 Å². The Morgan fingerprint density at radius 2 is 2.00 bits per heavy atom. The van der Waals surface area contributed by atoms with Gasteiger partial charge in [-0.25, -0.2) is 4.79 Å². The second-order valence-corrected chi connectivity index (χ2v) is 7.45. The quantitative estimate of drug-likeness (QED) is 0.839. The van der Waals surface area contributed by atoms with Gasteiger partial charge < -0.3 is 10.0 Å². The van der Waals surface area contributed by atoms with Crippen molar-refractivity contribution in [3.63, 3.8) is 0 Å². The molecule has 1 amide bonds. The average Bonchev–Trinajstić information content (AvgIpc) is 2.46. The first-order valence-electron chi connectivity index (χ1n) is 7.36. The summed E-state index contributed by atoms with van der Waals surface area (Å²) in [5.74, 6) is 0. The zero-order valence-corrected chi connectivity index (χ0v) is 13.9. The van der Waals surface area contributed by atoms with Gasteiger partial charge in [0.15, 0.2) is 0 Å². The largest absolute Gasteiger partial charge is 0.465 e. The Morgan fingerprint density at radius 1 is 1.41 bits per heavy atom. The minimum Gasteiger partial charge on any atom is -0.465 e. The SMILES string of the molecule is CC(C)(C)C1CC(C#N)(c2ccc(Cl)cc2)CCN1C(=O)O. The van der Waals surface area contributed by atoms with Crippen LogP contribution in [0.5, 0.6) is 0 Å². The molecule has 1 aliphatic rings. The van der Waals surface area contributed by atoms with Crippen molar-refractivity contribution >= 4 is 17.7 Å². The molecule has 0 bridgehead atoms. The lowest BCUT2D eigenvalue weighted by atomic mass is 9.66. The van der Waals surface area contributed by atoms with Crippen LogP contribution in [0.1, 0.15) is 39.2 Å². The van der Waals surface area contributed by atoms with Crippen molar-refractivity contribution in [3.8, 4) is 6.07 Å². The summed E-state index contributed by atoms with van der Waals surface area (Å²) in [5, 5.41) is 19.9. The summed E-state index contributed by atoms with van der Waals surface area (Å²) >= 11 is 5.94. The molecule has 4 nitrogen and oxygen atoms in total. The van der Waals surface area contributed by atoms with Gasteiger partial charge in [0.2, 0.25) is 0 Å². The third-order valence-corrected chi connectivity index (χ3v) is 4.81. The summed E-state index contributed by atoms with van der Waals surface area (Å²) < 4.78 is 0. The van der Waals surface area contributed by atoms with Crippen molar-refractivity contribution in [1.82, 2.24) is 4.90 Å². The highest BCUT2D eigenvalue weighted by Crippen LogP contribution is 2.43. The second-order valence-electron chi connectivity index (χ2n) is 7.01. The van der Waals surface area contributed by atoms with Crippen LogP contribution in [-0.4, -0.2) is 28.7 Å². The Kier molecular flexibility index (Phi) is 4.39. The average molecular weight is 321 g/mol. The molecule has 1 aromatic rings. The summed E-state index contributed by atoms with van der Waals surface area (Å²) in [6.45, 7) is 6.42. The van der Waals surface area contributed by atoms with Crippen LogP contribution in [-0.2, 0) is 5.41 Å². The molecule has 118 valence electrons. The normalized spacial score (nSPS) is 25.6. The molecule has 2 atom stereocenters. The van der Waals surface area contributed by atoms with Gasteiger partial charge in [-0.3, -0.25) is 0 Å². The van der Waals surface area contributed by atoms with E-state index < -0.39 is 11.5 Å². The molecule has 0 spiro atoms. The number of halogens is 1. The van der Waals surface area contributed by atoms with E-state index in [0.29, 0.717) is 24.4 Å². The molecule has 0 aromatic heterocycles. The highest BCUT2D eigenvalue weighted by atomic mass is 35.5. The molecule has 0 saturated carbocycles. The maximum Gasteiger partial charge on any atom is 0.407 e. The van der Waals surface area contributed by atoms with Crippen LogP contribution in [0.25, 0.3) is 0 Å². The third-order valence-electron chi connectivity index (χ3n) is 4.55. The molecule has 22 heavy (non-hydrogen) atoms. The predicted octanol–water partition coefficient (Wildman–Crippen LogP) is 4.29. The van der Waals surface area contributed by atoms with Crippen molar-refractivity contribution in [2.75, 3.05) is 6.54 Å². The van der Waals surface area contributed by atoms with E-state index in [4.69, 9.17) is 11.6 Å². The smallest absolute Gasteiger partial charge is 0.407 e. The van der Waals surface area contributed by atoms with Crippen LogP contribution >= 0.6 is 11.6 Å². The van der Waals surface area contributed by atoms with E-state index in [-0.39, 0.29) is 11.5 Å². The molecule has 1 fully saturated rings. The fourth-order valence-electron chi connectivity index (χ4n) is 3.21. The summed E-state index contributed by atoms with van der Waals surface area (Å²) in [7, 11) is 0. The molecule has 2 unspecified atom stereocenters. The number of nitriles is 1. The molecule has 1 aromatic carbocycles. The van der Waals surface area contributed by atoms with Crippen LogP contribution < -0.4 is 0 Å². The lowest BCUT2D eigenvalue weighted by Gasteiger charge is -2.47. The van der Waals surface area contributed by atoms with Crippen molar-refractivity contribution in [3.05, 3.63) is 34.9 Å². The summed E-state index contributed by atoms with van der Waals surface area (Å²) in [5.41, 5.74) is 0.0284. The minimum absolute atomic E-state index is 0.200. The van der Waals surface area contributed by atoms with E-state index in [0.717, 1.165) is 5.56 Å². The number of nitrogens with zero attached hydrogens (tertiary/aromatic N) is 2. The lowest BCUT2D eigenvalue weighted by Crippen LogP contribution is -2.55. The fourth-order valence-corrected chi connectivity index (χ4v) is 3.34. The molecule has 0 radical (unpaired) electrons. The van der Waals surface area contributed by atoms with E-state index in [1.54, 1.807) is 12.1 Å². The summed E-state index contributed by atoms with van der Waals surface area (Å²) in [4.78, 5) is 13.0. The molecule has 1 heterocycles. The Morgan fingerprint density at radius 3 is 2.45 bits per heavy atom. The number of hydrogen-bond acceptors (Lipinski definition) is 2. The van der Waals surface area contributed by atoms with Gasteiger partial charge in [-0.1, -0.05) is 44.5 Å². The van der Waals surface area contributed by atoms with Gasteiger partial charge in [0.1, 0.15) is 0 Å². The first-order valence-corrected chi connectivity index (χ1v) is 7.74. The van der Waals surface area contributed by atoms with Gasteiger partial charge in [-0.05, 0) is 36.0 Å². The molecule has 1 saturated heterocycles. The Balaban J connectivity index is 2.41. The molecule has 5 heteroatoms. The number of carbonyl (C=O) groups is 1. The van der Waals surface area contributed by atoms with E-state index in [1.165, 1.54) is 4.90 Å². The maximum atomic E-state index is 11.5. The molecular weight excluding hydrogens is 300 g/mol. The topological polar surface area (TPSA) is 64.3 Å². The first kappa shape index (κ1) is 16.6. The zero-order chi connectivity index (χ0) is 16.5. The van der Waals surface area contributed by atoms with Gasteiger partial charge in [0.05, 0.1) is 11.5 Å². The van der Waals surface area contributed by atoms with E-state index in [9.17, 15) is 15.2 Å². The number of amides is 1. The predicted molar refractivity (Wildman–Crippen MR) is 86.0 cm³/mol. The van der Waals surface area contributed by atoms with Crippen LogP contribution in [0.15, 0.2) is 24.3 Å². The second kappa shape index (κ2) is 5.81. The number of rotatable bonds is 1. The number of likely N-dealkylation sites (tertiary alicyclic amines) is 1. The molecule has 2 rings (SSSR count). The lowest BCUT2D eigenvalue weighted by molar-refractivity contribution is 0.0413. The van der Waals surface area contributed by atoms with Gasteiger partial charge >= 0.3 is 6.09 Å². The number of carboxylic acid groups (broad SMARTS) is 1. The van der Waals surface area contributed by atoms with Gasteiger partial charge in [-0.15, -0.1) is 0 Å². The maximum absolute atomic E-state index is 11.5. The number of piperidine rings is 1. The molecule has 1 aliphatic heterocycles. The van der Waals surface area contributed by atoms with Crippen LogP contribution in [0.2, 0.25) is 5.02 Å². The zero-order valence-electron chi connectivity index (χ0n) is 13.1. The van der Waals surface area contributed by atoms with Crippen molar-refractivity contribution in [2.45, 2.75) is 45.1 Å². The molecule has 1 N–H and O–H groups in total. The van der Waals surface area contributed by atoms with Gasteiger partial charge in [0.25, 0.3) is 0 Å². The summed E-state index contributed by atoms with van der Waals surface area (Å²) in [6.07, 6.45) is 0.0906. The van der Waals surface area contributed by atoms with E-state index in [2.05, 4.69) is 6.07 Å². The van der Waals surface area contributed by atoms with Crippen molar-refractivity contribution in [2.24, 2.45) is 5.41 Å². The first-order chi connectivity index (χ1) is 10.2. The summed E-state index contributed by atoms with van der Waals surface area (Å²) in [6, 6.07) is 9.57. The Labute approximate surface area is 136 Å². The fraction of sp³-hybridized carbons (Fsp3) is 0.529. The minimum atomic E-state index is -0.914. The van der Waals surface area contributed by atoms with Crippen molar-refractivity contribution < 1.29 is 9.90 Å². The van der Waals surface area contributed by atoms with Crippen molar-refractivity contribution in [1.29, 1.82) is 5.26 Å². The Bertz CT molecular complexity index is 601. The molecule has 0 aliphatic carbocycles. The van der Waals surface area contributed by atoms with E-state index in [1.807, 2.05) is 32.9 Å². The Hall–Kier alpha value is -1.73. The number of benzene rings is 1. The highest BCUT2D eigenvalue weighted by molar-refractivity contribution is 6.30. The van der Waals surface area contributed by atoms with Gasteiger partial charge in [0, 0.05) is 17.6 Å². The standard InChI is InChI=1S/C17H21ClN2O2/c1-16(2,3)14-10-17(11-19,8-9-20(14)15(21)22)12-4-6-13(18)7-5-12/h4-7,14H,8-10H2,1-3H3,(H,21,22). The molecular formula is C17H21ClN2O2. The van der Waals surface area contributed by atoms with Crippen LogP contribution in [0, 0.1) is 16.7 Å². The third kappa shape index (κ3) is 3.05. The van der Waals surface area contributed by atoms with Gasteiger partial charge in [-0.2, -0.15) is 5.26 Å². The van der Waals surface area contributed by atoms with Crippen LogP contribution in [0.3, 0.4) is 0 Å².